The summed E-state index contributed by atoms with van der Waals surface area (Å²) in [6.45, 7) is 3.44. The molecule has 1 saturated heterocycles. The molecule has 26 heavy (non-hydrogen) atoms. The minimum atomic E-state index is -0.694. The summed E-state index contributed by atoms with van der Waals surface area (Å²) in [7, 11) is 0. The number of carbonyl (C=O) groups is 2. The first-order valence-electron chi connectivity index (χ1n) is 8.19. The maximum absolute atomic E-state index is 12.6. The number of ether oxygens (including phenoxy) is 1. The monoisotopic (exact) mass is 396 g/mol. The molecule has 2 amide bonds. The number of amides is 2. The van der Waals surface area contributed by atoms with Gasteiger partial charge in [-0.25, -0.2) is 0 Å². The van der Waals surface area contributed by atoms with Crippen LogP contribution >= 0.6 is 23.2 Å². The van der Waals surface area contributed by atoms with E-state index in [1.807, 2.05) is 0 Å². The van der Waals surface area contributed by atoms with Crippen LogP contribution in [0.15, 0.2) is 41.0 Å². The van der Waals surface area contributed by atoms with Gasteiger partial charge in [0.15, 0.2) is 11.9 Å². The average molecular weight is 397 g/mol. The predicted molar refractivity (Wildman–Crippen MR) is 97.7 cm³/mol. The zero-order chi connectivity index (χ0) is 18.7. The molecule has 1 aromatic carbocycles. The van der Waals surface area contributed by atoms with Crippen molar-refractivity contribution in [2.24, 2.45) is 0 Å². The van der Waals surface area contributed by atoms with Crippen LogP contribution in [0.5, 0.6) is 5.75 Å². The number of piperazine rings is 1. The molecule has 2 aromatic rings. The molecule has 2 heterocycles. The number of carbonyl (C=O) groups excluding carboxylic acids is 2. The summed E-state index contributed by atoms with van der Waals surface area (Å²) < 4.78 is 10.8. The standard InChI is InChI=1S/C18H18Cl2N2O4/c1-12(26-15-5-4-13(19)11-14(15)20)17(23)21-6-8-22(9-7-21)18(24)16-3-2-10-25-16/h2-5,10-12H,6-9H2,1H3/t12-/m0/s1. The molecule has 0 unspecified atom stereocenters. The molecule has 0 spiro atoms. The van der Waals surface area contributed by atoms with Crippen molar-refractivity contribution < 1.29 is 18.7 Å². The lowest BCUT2D eigenvalue weighted by Crippen LogP contribution is -2.53. The molecular formula is C18H18Cl2N2O4. The molecule has 6 nitrogen and oxygen atoms in total. The Morgan fingerprint density at radius 2 is 1.81 bits per heavy atom. The van der Waals surface area contributed by atoms with E-state index in [2.05, 4.69) is 0 Å². The third-order valence-electron chi connectivity index (χ3n) is 4.16. The smallest absolute Gasteiger partial charge is 0.289 e. The molecule has 1 atom stereocenters. The quantitative estimate of drug-likeness (QED) is 0.794. The van der Waals surface area contributed by atoms with Crippen molar-refractivity contribution in [1.29, 1.82) is 0 Å². The van der Waals surface area contributed by atoms with E-state index in [9.17, 15) is 9.59 Å². The van der Waals surface area contributed by atoms with Crippen molar-refractivity contribution >= 4 is 35.0 Å². The van der Waals surface area contributed by atoms with Crippen LogP contribution in [0.25, 0.3) is 0 Å². The van der Waals surface area contributed by atoms with Gasteiger partial charge in [-0.15, -0.1) is 0 Å². The Balaban J connectivity index is 1.55. The predicted octanol–water partition coefficient (Wildman–Crippen LogP) is 3.34. The molecule has 0 saturated carbocycles. The second kappa shape index (κ2) is 8.01. The van der Waals surface area contributed by atoms with Gasteiger partial charge in [-0.3, -0.25) is 9.59 Å². The van der Waals surface area contributed by atoms with Crippen molar-refractivity contribution in [3.63, 3.8) is 0 Å². The van der Waals surface area contributed by atoms with Gasteiger partial charge >= 0.3 is 0 Å². The van der Waals surface area contributed by atoms with Gasteiger partial charge in [0, 0.05) is 31.2 Å². The van der Waals surface area contributed by atoms with Crippen LogP contribution < -0.4 is 4.74 Å². The van der Waals surface area contributed by atoms with Gasteiger partial charge < -0.3 is 19.0 Å². The number of furan rings is 1. The lowest BCUT2D eigenvalue weighted by atomic mass is 10.2. The van der Waals surface area contributed by atoms with Crippen molar-refractivity contribution in [3.8, 4) is 5.75 Å². The molecule has 138 valence electrons. The molecule has 1 aromatic heterocycles. The minimum Gasteiger partial charge on any atom is -0.479 e. The summed E-state index contributed by atoms with van der Waals surface area (Å²) in [5, 5.41) is 0.852. The highest BCUT2D eigenvalue weighted by Crippen LogP contribution is 2.28. The average Bonchev–Trinajstić information content (AvgIpc) is 3.17. The van der Waals surface area contributed by atoms with Crippen LogP contribution in [0.1, 0.15) is 17.5 Å². The number of hydrogen-bond acceptors (Lipinski definition) is 4. The summed E-state index contributed by atoms with van der Waals surface area (Å²) in [6.07, 6.45) is 0.773. The highest BCUT2D eigenvalue weighted by molar-refractivity contribution is 6.35. The molecule has 8 heteroatoms. The fourth-order valence-electron chi connectivity index (χ4n) is 2.75. The number of halogens is 2. The van der Waals surface area contributed by atoms with Crippen LogP contribution in [0.3, 0.4) is 0 Å². The van der Waals surface area contributed by atoms with Crippen molar-refractivity contribution in [1.82, 2.24) is 9.80 Å². The molecule has 3 rings (SSSR count). The zero-order valence-electron chi connectivity index (χ0n) is 14.2. The highest BCUT2D eigenvalue weighted by Gasteiger charge is 2.29. The second-order valence-electron chi connectivity index (χ2n) is 5.93. The van der Waals surface area contributed by atoms with E-state index < -0.39 is 6.10 Å². The largest absolute Gasteiger partial charge is 0.479 e. The molecule has 1 fully saturated rings. The van der Waals surface area contributed by atoms with Gasteiger partial charge in [0.2, 0.25) is 0 Å². The zero-order valence-corrected chi connectivity index (χ0v) is 15.7. The fraction of sp³-hybridized carbons (Fsp3) is 0.333. The second-order valence-corrected chi connectivity index (χ2v) is 6.77. The third kappa shape index (κ3) is 4.14. The van der Waals surface area contributed by atoms with Gasteiger partial charge in [0.25, 0.3) is 11.8 Å². The Bertz CT molecular complexity index is 786. The maximum atomic E-state index is 12.6. The van der Waals surface area contributed by atoms with Crippen LogP contribution in [0.4, 0.5) is 0 Å². The fourth-order valence-corrected chi connectivity index (χ4v) is 3.21. The first kappa shape index (κ1) is 18.6. The summed E-state index contributed by atoms with van der Waals surface area (Å²) >= 11 is 11.9. The SMILES string of the molecule is C[C@H](Oc1ccc(Cl)cc1Cl)C(=O)N1CCN(C(=O)c2ccco2)CC1. The molecule has 1 aliphatic heterocycles. The Morgan fingerprint density at radius 3 is 2.42 bits per heavy atom. The summed E-state index contributed by atoms with van der Waals surface area (Å²) in [4.78, 5) is 28.2. The van der Waals surface area contributed by atoms with Crippen LogP contribution in [-0.2, 0) is 4.79 Å². The van der Waals surface area contributed by atoms with Crippen molar-refractivity contribution in [3.05, 3.63) is 52.4 Å². The summed E-state index contributed by atoms with van der Waals surface area (Å²) in [6, 6.07) is 8.15. The number of rotatable bonds is 4. The van der Waals surface area contributed by atoms with Crippen LogP contribution in [0, 0.1) is 0 Å². The van der Waals surface area contributed by atoms with E-state index in [4.69, 9.17) is 32.4 Å². The maximum Gasteiger partial charge on any atom is 0.289 e. The van der Waals surface area contributed by atoms with Crippen LogP contribution in [0.2, 0.25) is 10.0 Å². The summed E-state index contributed by atoms with van der Waals surface area (Å²) in [5.74, 6) is 0.392. The van der Waals surface area contributed by atoms with Gasteiger partial charge in [0.1, 0.15) is 5.75 Å². The Labute approximate surface area is 161 Å². The normalized spacial score (nSPS) is 15.7. The third-order valence-corrected chi connectivity index (χ3v) is 4.69. The first-order valence-corrected chi connectivity index (χ1v) is 8.94. The molecular weight excluding hydrogens is 379 g/mol. The van der Waals surface area contributed by atoms with E-state index in [0.29, 0.717) is 47.7 Å². The first-order chi connectivity index (χ1) is 12.5. The van der Waals surface area contributed by atoms with Crippen LogP contribution in [-0.4, -0.2) is 53.9 Å². The van der Waals surface area contributed by atoms with E-state index in [0.717, 1.165) is 0 Å². The molecule has 0 N–H and O–H groups in total. The van der Waals surface area contributed by atoms with Gasteiger partial charge in [0.05, 0.1) is 11.3 Å². The molecule has 0 radical (unpaired) electrons. The number of hydrogen-bond donors (Lipinski definition) is 0. The molecule has 1 aliphatic rings. The van der Waals surface area contributed by atoms with Gasteiger partial charge in [-0.2, -0.15) is 0 Å². The lowest BCUT2D eigenvalue weighted by molar-refractivity contribution is -0.139. The number of nitrogens with zero attached hydrogens (tertiary/aromatic N) is 2. The van der Waals surface area contributed by atoms with E-state index in [-0.39, 0.29) is 11.8 Å². The minimum absolute atomic E-state index is 0.152. The lowest BCUT2D eigenvalue weighted by Gasteiger charge is -2.35. The number of benzene rings is 1. The van der Waals surface area contributed by atoms with Crippen molar-refractivity contribution in [2.45, 2.75) is 13.0 Å². The van der Waals surface area contributed by atoms with Gasteiger partial charge in [-0.05, 0) is 37.3 Å². The Hall–Kier alpha value is -2.18. The van der Waals surface area contributed by atoms with E-state index >= 15 is 0 Å². The Morgan fingerprint density at radius 1 is 1.12 bits per heavy atom. The van der Waals surface area contributed by atoms with E-state index in [1.54, 1.807) is 47.1 Å². The molecule has 0 aliphatic carbocycles. The van der Waals surface area contributed by atoms with Gasteiger partial charge in [-0.1, -0.05) is 23.2 Å². The topological polar surface area (TPSA) is 63.0 Å². The Kier molecular flexibility index (Phi) is 5.74. The van der Waals surface area contributed by atoms with Crippen molar-refractivity contribution in [2.75, 3.05) is 26.2 Å². The van der Waals surface area contributed by atoms with E-state index in [1.165, 1.54) is 6.26 Å². The highest BCUT2D eigenvalue weighted by atomic mass is 35.5. The molecule has 0 bridgehead atoms. The summed E-state index contributed by atoms with van der Waals surface area (Å²) in [5.41, 5.74) is 0.